The van der Waals surface area contributed by atoms with Gasteiger partial charge in [0.25, 0.3) is 0 Å². The topological polar surface area (TPSA) is 111 Å². The predicted octanol–water partition coefficient (Wildman–Crippen LogP) is 9.83. The zero-order chi connectivity index (χ0) is 41.4. The fourth-order valence-corrected chi connectivity index (χ4v) is 7.96. The molecule has 2 aliphatic rings. The number of methoxy groups -OCH3 is 2. The van der Waals surface area contributed by atoms with Gasteiger partial charge in [0.2, 0.25) is 0 Å². The van der Waals surface area contributed by atoms with E-state index in [2.05, 4.69) is 83.1 Å². The smallest absolute Gasteiger partial charge is 0.319 e. The van der Waals surface area contributed by atoms with E-state index in [1.54, 1.807) is 14.2 Å². The van der Waals surface area contributed by atoms with Crippen molar-refractivity contribution < 1.29 is 33.6 Å². The largest absolute Gasteiger partial charge is 0.493 e. The Morgan fingerprint density at radius 1 is 0.733 bits per heavy atom. The molecular formula is C50H51N3O7. The van der Waals surface area contributed by atoms with Crippen LogP contribution in [0.2, 0.25) is 0 Å². The van der Waals surface area contributed by atoms with Crippen molar-refractivity contribution in [2.75, 3.05) is 32.6 Å². The van der Waals surface area contributed by atoms with Gasteiger partial charge in [-0.3, -0.25) is 4.90 Å². The normalized spacial score (nSPS) is 18.9. The van der Waals surface area contributed by atoms with Gasteiger partial charge in [-0.25, -0.2) is 4.79 Å². The number of hydrogen-bond donors (Lipinski definition) is 3. The first-order valence-electron chi connectivity index (χ1n) is 20.4. The second-order valence-electron chi connectivity index (χ2n) is 15.4. The maximum absolute atomic E-state index is 12.8. The van der Waals surface area contributed by atoms with Crippen molar-refractivity contribution in [1.82, 2.24) is 10.2 Å². The molecule has 8 rings (SSSR count). The summed E-state index contributed by atoms with van der Waals surface area (Å²) in [7, 11) is 3.35. The van der Waals surface area contributed by atoms with Gasteiger partial charge in [0.15, 0.2) is 17.8 Å². The highest BCUT2D eigenvalue weighted by molar-refractivity contribution is 5.89. The lowest BCUT2D eigenvalue weighted by molar-refractivity contribution is -0.276. The molecule has 10 heteroatoms. The third-order valence-electron chi connectivity index (χ3n) is 11.3. The number of aliphatic hydroxyl groups excluding tert-OH is 1. The van der Waals surface area contributed by atoms with Crippen molar-refractivity contribution in [1.29, 1.82) is 0 Å². The van der Waals surface area contributed by atoms with E-state index in [1.165, 1.54) is 11.1 Å². The van der Waals surface area contributed by atoms with Gasteiger partial charge < -0.3 is 39.4 Å². The Balaban J connectivity index is 0.924. The number of ether oxygens (including phenoxy) is 5. The molecule has 10 nitrogen and oxygen atoms in total. The molecule has 0 unspecified atom stereocenters. The van der Waals surface area contributed by atoms with Gasteiger partial charge in [-0.05, 0) is 100.0 Å². The van der Waals surface area contributed by atoms with Gasteiger partial charge in [0.1, 0.15) is 11.5 Å². The predicted molar refractivity (Wildman–Crippen MR) is 232 cm³/mol. The van der Waals surface area contributed by atoms with Gasteiger partial charge in [-0.1, -0.05) is 91.9 Å². The van der Waals surface area contributed by atoms with Crippen LogP contribution in [0, 0.1) is 5.92 Å². The number of amides is 2. The van der Waals surface area contributed by atoms with Crippen LogP contribution in [0.15, 0.2) is 140 Å². The first-order chi connectivity index (χ1) is 29.3. The van der Waals surface area contributed by atoms with E-state index in [-0.39, 0.29) is 30.8 Å². The van der Waals surface area contributed by atoms with E-state index >= 15 is 0 Å². The highest BCUT2D eigenvalue weighted by Gasteiger charge is 2.39. The molecule has 1 saturated heterocycles. The number of nitrogens with zero attached hydrogens (tertiary/aromatic N) is 1. The Kier molecular flexibility index (Phi) is 12.7. The first kappa shape index (κ1) is 40.6. The van der Waals surface area contributed by atoms with Gasteiger partial charge >= 0.3 is 6.03 Å². The number of rotatable bonds is 13. The molecule has 308 valence electrons. The SMILES string of the molecule is COc1cc2c(cc1OC)CN(C[C@H]1O[C@@H](c3ccc(-c4cccc(CNC(=O)Nc5ccc(Oc6ccccc6)cc5)c4)cc3)O[C@@H](c3ccc(CO)cc3)[C@H]1C)CC2. The molecule has 0 bridgehead atoms. The molecule has 0 spiro atoms. The number of anilines is 1. The van der Waals surface area contributed by atoms with Gasteiger partial charge in [0.05, 0.1) is 33.0 Å². The average Bonchev–Trinajstić information content (AvgIpc) is 3.29. The van der Waals surface area contributed by atoms with Crippen LogP contribution in [0.1, 0.15) is 52.7 Å². The van der Waals surface area contributed by atoms with Crippen molar-refractivity contribution in [3.05, 3.63) is 173 Å². The molecule has 0 aromatic heterocycles. The van der Waals surface area contributed by atoms with Crippen molar-refractivity contribution in [2.45, 2.75) is 51.5 Å². The second-order valence-corrected chi connectivity index (χ2v) is 15.4. The summed E-state index contributed by atoms with van der Waals surface area (Å²) in [6, 6.07) is 45.2. The van der Waals surface area contributed by atoms with Crippen molar-refractivity contribution in [2.24, 2.45) is 5.92 Å². The lowest BCUT2D eigenvalue weighted by Gasteiger charge is -2.43. The van der Waals surface area contributed by atoms with E-state index < -0.39 is 6.29 Å². The van der Waals surface area contributed by atoms with Crippen LogP contribution in [0.5, 0.6) is 23.0 Å². The number of carbonyl (C=O) groups is 1. The number of urea groups is 1. The minimum atomic E-state index is -0.578. The van der Waals surface area contributed by atoms with Crippen molar-refractivity contribution in [3.63, 3.8) is 0 Å². The van der Waals surface area contributed by atoms with Crippen LogP contribution >= 0.6 is 0 Å². The summed E-state index contributed by atoms with van der Waals surface area (Å²) >= 11 is 0. The summed E-state index contributed by atoms with van der Waals surface area (Å²) in [6.45, 7) is 4.99. The van der Waals surface area contributed by atoms with Gasteiger partial charge in [-0.15, -0.1) is 0 Å². The molecule has 2 amide bonds. The number of carbonyl (C=O) groups excluding carboxylic acids is 1. The number of hydrogen-bond acceptors (Lipinski definition) is 8. The zero-order valence-electron chi connectivity index (χ0n) is 34.2. The molecule has 3 N–H and O–H groups in total. The summed E-state index contributed by atoms with van der Waals surface area (Å²) < 4.78 is 30.7. The molecule has 6 aromatic rings. The van der Waals surface area contributed by atoms with E-state index in [4.69, 9.17) is 23.7 Å². The molecule has 4 atom stereocenters. The molecule has 60 heavy (non-hydrogen) atoms. The molecule has 0 radical (unpaired) electrons. The molecule has 1 fully saturated rings. The first-order valence-corrected chi connectivity index (χ1v) is 20.4. The van der Waals surface area contributed by atoms with E-state index in [0.29, 0.717) is 18.0 Å². The maximum atomic E-state index is 12.8. The zero-order valence-corrected chi connectivity index (χ0v) is 34.2. The summed E-state index contributed by atoms with van der Waals surface area (Å²) in [6.07, 6.45) is 0.0136. The third-order valence-corrected chi connectivity index (χ3v) is 11.3. The summed E-state index contributed by atoms with van der Waals surface area (Å²) in [5.74, 6) is 3.00. The van der Waals surface area contributed by atoms with Crippen LogP contribution in [0.3, 0.4) is 0 Å². The number of aliphatic hydroxyl groups is 1. The lowest BCUT2D eigenvalue weighted by Crippen LogP contribution is -2.45. The number of nitrogens with one attached hydrogen (secondary N) is 2. The highest BCUT2D eigenvalue weighted by Crippen LogP contribution is 2.43. The molecule has 2 aliphatic heterocycles. The highest BCUT2D eigenvalue weighted by atomic mass is 16.7. The second kappa shape index (κ2) is 18.8. The number of fused-ring (bicyclic) bond motifs is 1. The van der Waals surface area contributed by atoms with Crippen LogP contribution in [0.25, 0.3) is 11.1 Å². The Morgan fingerprint density at radius 2 is 1.43 bits per heavy atom. The quantitative estimate of drug-likeness (QED) is 0.106. The molecule has 6 aromatic carbocycles. The fraction of sp³-hybridized carbons (Fsp3) is 0.260. The molecular weight excluding hydrogens is 755 g/mol. The van der Waals surface area contributed by atoms with Crippen LogP contribution < -0.4 is 24.8 Å². The number of benzene rings is 6. The Morgan fingerprint density at radius 3 is 2.15 bits per heavy atom. The summed E-state index contributed by atoms with van der Waals surface area (Å²) in [5, 5.41) is 15.6. The van der Waals surface area contributed by atoms with Crippen LogP contribution in [0.4, 0.5) is 10.5 Å². The number of para-hydroxylation sites is 1. The van der Waals surface area contributed by atoms with Gasteiger partial charge in [-0.2, -0.15) is 0 Å². The van der Waals surface area contributed by atoms with Crippen molar-refractivity contribution in [3.8, 4) is 34.1 Å². The minimum absolute atomic E-state index is 0.00841. The van der Waals surface area contributed by atoms with E-state index in [1.807, 2.05) is 78.9 Å². The van der Waals surface area contributed by atoms with Gasteiger partial charge in [0, 0.05) is 43.3 Å². The molecule has 0 aliphatic carbocycles. The fourth-order valence-electron chi connectivity index (χ4n) is 7.96. The van der Waals surface area contributed by atoms with Crippen molar-refractivity contribution >= 4 is 11.7 Å². The van der Waals surface area contributed by atoms with E-state index in [0.717, 1.165) is 76.7 Å². The maximum Gasteiger partial charge on any atom is 0.319 e. The van der Waals surface area contributed by atoms with E-state index in [9.17, 15) is 9.90 Å². The molecule has 0 saturated carbocycles. The summed E-state index contributed by atoms with van der Waals surface area (Å²) in [5.41, 5.74) is 9.09. The Hall–Kier alpha value is -6.17. The monoisotopic (exact) mass is 805 g/mol. The Labute approximate surface area is 351 Å². The molecule has 2 heterocycles. The van der Waals surface area contributed by atoms with Crippen LogP contribution in [-0.2, 0) is 35.6 Å². The lowest BCUT2D eigenvalue weighted by atomic mass is 9.89. The third kappa shape index (κ3) is 9.65. The standard InChI is InChI=1S/C50H51N3O7/c1-33-47(31-53-25-24-40-27-45(56-2)46(57-3)28-41(40)30-53)59-49(60-48(33)37-14-12-34(32-54)13-15-37)38-18-16-36(17-19-38)39-9-7-8-35(26-39)29-51-50(55)52-42-20-22-44(23-21-42)58-43-10-5-4-6-11-43/h4-23,26-28,33,47-49,54H,24-25,29-32H2,1-3H3,(H2,51,52,55)/t33-,47+,48+,49+/m0/s1. The Bertz CT molecular complexity index is 2350. The average molecular weight is 806 g/mol. The van der Waals surface area contributed by atoms with Crippen LogP contribution in [-0.4, -0.2) is 49.5 Å². The minimum Gasteiger partial charge on any atom is -0.493 e. The summed E-state index contributed by atoms with van der Waals surface area (Å²) in [4.78, 5) is 15.3.